The number of hydrogen-bond donors (Lipinski definition) is 1. The lowest BCUT2D eigenvalue weighted by molar-refractivity contribution is -0.0110. The normalized spacial score (nSPS) is 33.8. The predicted molar refractivity (Wildman–Crippen MR) is 38.6 cm³/mol. The summed E-state index contributed by atoms with van der Waals surface area (Å²) in [6.07, 6.45) is 0.644. The molecule has 1 nitrogen and oxygen atoms in total. The number of aliphatic hydroxyl groups excluding tert-OH is 1. The van der Waals surface area contributed by atoms with Gasteiger partial charge in [0, 0.05) is 5.92 Å². The highest BCUT2D eigenvalue weighted by molar-refractivity contribution is 4.74. The van der Waals surface area contributed by atoms with Crippen molar-refractivity contribution in [2.45, 2.75) is 44.6 Å². The Bertz CT molecular complexity index is 117. The molecule has 0 aromatic heterocycles. The molecule has 0 bridgehead atoms. The Morgan fingerprint density at radius 3 is 2.36 bits per heavy atom. The van der Waals surface area contributed by atoms with Crippen LogP contribution < -0.4 is 0 Å². The van der Waals surface area contributed by atoms with Gasteiger partial charge in [0.1, 0.15) is 0 Å². The quantitative estimate of drug-likeness (QED) is 0.589. The lowest BCUT2D eigenvalue weighted by Gasteiger charge is -2.18. The first-order valence-corrected chi connectivity index (χ1v) is 4.18. The monoisotopic (exact) mass is 164 g/mol. The van der Waals surface area contributed by atoms with E-state index in [-0.39, 0.29) is 0 Å². The maximum absolute atomic E-state index is 12.2. The lowest BCUT2D eigenvalue weighted by Crippen LogP contribution is -2.25. The summed E-state index contributed by atoms with van der Waals surface area (Å²) in [5, 5.41) is 9.24. The third-order valence-electron chi connectivity index (χ3n) is 2.36. The van der Waals surface area contributed by atoms with Gasteiger partial charge >= 0.3 is 0 Å². The molecule has 1 saturated carbocycles. The molecule has 2 unspecified atom stereocenters. The van der Waals surface area contributed by atoms with Crippen LogP contribution in [0.4, 0.5) is 8.78 Å². The second kappa shape index (κ2) is 4.00. The van der Waals surface area contributed by atoms with Crippen molar-refractivity contribution < 1.29 is 13.9 Å². The van der Waals surface area contributed by atoms with Gasteiger partial charge in [-0.15, -0.1) is 0 Å². The number of hydrogen-bond acceptors (Lipinski definition) is 1. The van der Waals surface area contributed by atoms with Crippen LogP contribution in [-0.2, 0) is 0 Å². The van der Waals surface area contributed by atoms with Crippen molar-refractivity contribution in [1.82, 2.24) is 0 Å². The van der Waals surface area contributed by atoms with Crippen LogP contribution in [0.3, 0.4) is 0 Å². The summed E-state index contributed by atoms with van der Waals surface area (Å²) >= 11 is 0. The van der Waals surface area contributed by atoms with Crippen molar-refractivity contribution in [1.29, 1.82) is 0 Å². The summed E-state index contributed by atoms with van der Waals surface area (Å²) in [6, 6.07) is 0. The highest BCUT2D eigenvalue weighted by Crippen LogP contribution is 2.27. The van der Waals surface area contributed by atoms with Gasteiger partial charge in [-0.1, -0.05) is 19.3 Å². The third kappa shape index (κ3) is 2.40. The number of aliphatic hydroxyl groups is 1. The van der Waals surface area contributed by atoms with Crippen molar-refractivity contribution in [3.05, 3.63) is 0 Å². The molecule has 2 atom stereocenters. The summed E-state index contributed by atoms with van der Waals surface area (Å²) in [7, 11) is 0. The van der Waals surface area contributed by atoms with E-state index in [2.05, 4.69) is 0 Å². The Balaban J connectivity index is 2.45. The molecular formula is C8H14F2O. The van der Waals surface area contributed by atoms with Crippen molar-refractivity contribution >= 4 is 0 Å². The summed E-state index contributed by atoms with van der Waals surface area (Å²) in [5.41, 5.74) is 0. The molecule has 0 spiro atoms. The van der Waals surface area contributed by atoms with Gasteiger partial charge in [0.05, 0.1) is 6.10 Å². The van der Waals surface area contributed by atoms with E-state index in [1.165, 1.54) is 0 Å². The van der Waals surface area contributed by atoms with E-state index in [4.69, 9.17) is 0 Å². The molecule has 0 aromatic carbocycles. The van der Waals surface area contributed by atoms with E-state index in [0.717, 1.165) is 19.3 Å². The first kappa shape index (κ1) is 8.91. The Hall–Kier alpha value is -0.180. The zero-order chi connectivity index (χ0) is 8.27. The van der Waals surface area contributed by atoms with Crippen LogP contribution >= 0.6 is 0 Å². The molecule has 0 saturated heterocycles. The molecule has 3 heteroatoms. The fraction of sp³-hybridized carbons (Fsp3) is 1.00. The minimum atomic E-state index is -2.34. The molecule has 0 radical (unpaired) electrons. The van der Waals surface area contributed by atoms with E-state index in [1.807, 2.05) is 0 Å². The standard InChI is InChI=1S/C8H14F2O/c9-8(10)6-4-2-1-3-5-7(6)11/h6-8,11H,1-5H2. The van der Waals surface area contributed by atoms with Crippen LogP contribution in [0.1, 0.15) is 32.1 Å². The molecule has 1 fully saturated rings. The Labute approximate surface area is 65.4 Å². The highest BCUT2D eigenvalue weighted by Gasteiger charge is 2.29. The molecule has 0 amide bonds. The van der Waals surface area contributed by atoms with Gasteiger partial charge < -0.3 is 5.11 Å². The summed E-state index contributed by atoms with van der Waals surface area (Å²) < 4.78 is 24.4. The second-order valence-electron chi connectivity index (χ2n) is 3.20. The van der Waals surface area contributed by atoms with E-state index in [0.29, 0.717) is 12.8 Å². The zero-order valence-corrected chi connectivity index (χ0v) is 6.47. The van der Waals surface area contributed by atoms with Crippen LogP contribution in [0.2, 0.25) is 0 Å². The number of halogens is 2. The summed E-state index contributed by atoms with van der Waals surface area (Å²) in [5.74, 6) is -0.766. The fourth-order valence-electron chi connectivity index (χ4n) is 1.61. The lowest BCUT2D eigenvalue weighted by atomic mass is 9.98. The van der Waals surface area contributed by atoms with Crippen molar-refractivity contribution in [3.8, 4) is 0 Å². The Kier molecular flexibility index (Phi) is 3.24. The maximum atomic E-state index is 12.2. The predicted octanol–water partition coefficient (Wildman–Crippen LogP) is 2.19. The first-order valence-electron chi connectivity index (χ1n) is 4.18. The molecule has 1 aliphatic carbocycles. The molecule has 66 valence electrons. The summed E-state index contributed by atoms with van der Waals surface area (Å²) in [4.78, 5) is 0. The van der Waals surface area contributed by atoms with Gasteiger partial charge in [0.25, 0.3) is 0 Å². The van der Waals surface area contributed by atoms with E-state index >= 15 is 0 Å². The molecule has 0 aromatic rings. The minimum absolute atomic E-state index is 0.485. The topological polar surface area (TPSA) is 20.2 Å². The van der Waals surface area contributed by atoms with Gasteiger partial charge in [-0.2, -0.15) is 0 Å². The average Bonchev–Trinajstić information content (AvgIpc) is 2.13. The first-order chi connectivity index (χ1) is 5.22. The zero-order valence-electron chi connectivity index (χ0n) is 6.47. The highest BCUT2D eigenvalue weighted by atomic mass is 19.3. The third-order valence-corrected chi connectivity index (χ3v) is 2.36. The smallest absolute Gasteiger partial charge is 0.243 e. The number of rotatable bonds is 1. The van der Waals surface area contributed by atoms with Crippen molar-refractivity contribution in [2.24, 2.45) is 5.92 Å². The van der Waals surface area contributed by atoms with Crippen LogP contribution in [0.15, 0.2) is 0 Å². The van der Waals surface area contributed by atoms with E-state index < -0.39 is 18.4 Å². The Morgan fingerprint density at radius 1 is 1.09 bits per heavy atom. The molecule has 1 aliphatic rings. The van der Waals surface area contributed by atoms with Crippen molar-refractivity contribution in [2.75, 3.05) is 0 Å². The molecule has 0 heterocycles. The van der Waals surface area contributed by atoms with Crippen LogP contribution in [-0.4, -0.2) is 17.6 Å². The maximum Gasteiger partial charge on any atom is 0.243 e. The minimum Gasteiger partial charge on any atom is -0.393 e. The fourth-order valence-corrected chi connectivity index (χ4v) is 1.61. The van der Waals surface area contributed by atoms with Gasteiger partial charge in [-0.3, -0.25) is 0 Å². The van der Waals surface area contributed by atoms with Gasteiger partial charge in [-0.05, 0) is 12.8 Å². The van der Waals surface area contributed by atoms with Gasteiger partial charge in [0.15, 0.2) is 0 Å². The molecule has 1 rings (SSSR count). The summed E-state index contributed by atoms with van der Waals surface area (Å²) in [6.45, 7) is 0. The van der Waals surface area contributed by atoms with E-state index in [9.17, 15) is 13.9 Å². The average molecular weight is 164 g/mol. The molecule has 0 aliphatic heterocycles. The SMILES string of the molecule is OC1CCCCCC1C(F)F. The van der Waals surface area contributed by atoms with Crippen LogP contribution in [0.5, 0.6) is 0 Å². The van der Waals surface area contributed by atoms with E-state index in [1.54, 1.807) is 0 Å². The number of alkyl halides is 2. The molecular weight excluding hydrogens is 150 g/mol. The molecule has 11 heavy (non-hydrogen) atoms. The second-order valence-corrected chi connectivity index (χ2v) is 3.20. The van der Waals surface area contributed by atoms with Gasteiger partial charge in [-0.25, -0.2) is 8.78 Å². The van der Waals surface area contributed by atoms with Gasteiger partial charge in [0.2, 0.25) is 6.43 Å². The Morgan fingerprint density at radius 2 is 1.73 bits per heavy atom. The van der Waals surface area contributed by atoms with Crippen LogP contribution in [0, 0.1) is 5.92 Å². The van der Waals surface area contributed by atoms with Crippen LogP contribution in [0.25, 0.3) is 0 Å². The largest absolute Gasteiger partial charge is 0.393 e. The molecule has 1 N–H and O–H groups in total. The van der Waals surface area contributed by atoms with Crippen molar-refractivity contribution in [3.63, 3.8) is 0 Å².